The molecule has 3 aromatic rings. The van der Waals surface area contributed by atoms with Crippen LogP contribution in [0.25, 0.3) is 0 Å². The summed E-state index contributed by atoms with van der Waals surface area (Å²) in [6.07, 6.45) is 1.34. The van der Waals surface area contributed by atoms with Crippen LogP contribution >= 0.6 is 22.9 Å². The number of nitrogens with zero attached hydrogens (tertiary/aromatic N) is 2. The molecule has 0 spiro atoms. The second-order valence-corrected chi connectivity index (χ2v) is 11.4. The minimum absolute atomic E-state index is 0.163. The van der Waals surface area contributed by atoms with Crippen LogP contribution in [0.3, 0.4) is 0 Å². The third-order valence-electron chi connectivity index (χ3n) is 6.07. The summed E-state index contributed by atoms with van der Waals surface area (Å²) in [5.41, 5.74) is 1.07. The largest absolute Gasteiger partial charge is 0.393 e. The number of ketones is 1. The number of nitrogens with one attached hydrogen (secondary N) is 1. The van der Waals surface area contributed by atoms with E-state index in [-0.39, 0.29) is 41.9 Å². The lowest BCUT2D eigenvalue weighted by Crippen LogP contribution is -2.24. The average Bonchev–Trinajstić information content (AvgIpc) is 3.45. The predicted octanol–water partition coefficient (Wildman–Crippen LogP) is 1.77. The van der Waals surface area contributed by atoms with Gasteiger partial charge in [-0.2, -0.15) is 8.42 Å². The van der Waals surface area contributed by atoms with E-state index >= 15 is 0 Å². The minimum Gasteiger partial charge on any atom is -0.393 e. The number of anilines is 1. The van der Waals surface area contributed by atoms with Crippen molar-refractivity contribution in [2.75, 3.05) is 11.9 Å². The van der Waals surface area contributed by atoms with E-state index in [4.69, 9.17) is 16.7 Å². The highest BCUT2D eigenvalue weighted by Gasteiger charge is 2.35. The first-order valence-corrected chi connectivity index (χ1v) is 13.9. The van der Waals surface area contributed by atoms with Crippen LogP contribution in [-0.2, 0) is 21.1 Å². The molecule has 0 aliphatic heterocycles. The molecule has 4 atom stereocenters. The number of carbonyl (C=O) groups is 1. The molecular weight excluding hydrogens is 544 g/mol. The van der Waals surface area contributed by atoms with Gasteiger partial charge < -0.3 is 20.6 Å². The Hall–Kier alpha value is -2.49. The molecule has 0 radical (unpaired) electrons. The van der Waals surface area contributed by atoms with Crippen LogP contribution in [0.5, 0.6) is 0 Å². The van der Waals surface area contributed by atoms with Crippen molar-refractivity contribution >= 4 is 44.8 Å². The number of hydrogen-bond donors (Lipinski definition) is 5. The third kappa shape index (κ3) is 6.69. The van der Waals surface area contributed by atoms with Crippen molar-refractivity contribution in [3.63, 3.8) is 0 Å². The summed E-state index contributed by atoms with van der Waals surface area (Å²) in [6, 6.07) is 7.89. The molecule has 198 valence electrons. The van der Waals surface area contributed by atoms with E-state index in [1.54, 1.807) is 24.3 Å². The number of carbonyl (C=O) groups excluding carboxylic acids is 1. The fraction of sp³-hybridized carbons (Fsp3) is 0.348. The Kier molecular flexibility index (Phi) is 8.56. The smallest absolute Gasteiger partial charge is 0.333 e. The van der Waals surface area contributed by atoms with Crippen molar-refractivity contribution in [2.24, 2.45) is 11.1 Å². The standard InChI is InChI=1S/C23H25ClN4O7S2/c24-14-3-1-2-12(4-14)21(31)16-7-19(36-20(16)9-29)22(32)17-8-26-11-27-23(17)28-15-5-13(18(30)6-15)10-35-37(25,33)34/h1-4,7-8,11,13,15,18,21,29-31H,5-6,9-10H2,(H2,25,33,34)(H,26,27,28)/t13-,15-,18+,21-/m1/s1. The fourth-order valence-electron chi connectivity index (χ4n) is 4.28. The minimum atomic E-state index is -4.13. The van der Waals surface area contributed by atoms with Gasteiger partial charge in [0, 0.05) is 33.6 Å². The molecule has 14 heteroatoms. The molecule has 1 aliphatic carbocycles. The zero-order valence-corrected chi connectivity index (χ0v) is 21.7. The van der Waals surface area contributed by atoms with Crippen LogP contribution in [0.15, 0.2) is 42.9 Å². The lowest BCUT2D eigenvalue weighted by molar-refractivity contribution is 0.101. The van der Waals surface area contributed by atoms with Gasteiger partial charge in [-0.1, -0.05) is 23.7 Å². The first kappa shape index (κ1) is 27.5. The van der Waals surface area contributed by atoms with Crippen LogP contribution in [0.4, 0.5) is 5.82 Å². The van der Waals surface area contributed by atoms with Gasteiger partial charge in [0.15, 0.2) is 0 Å². The van der Waals surface area contributed by atoms with Crippen LogP contribution in [-0.4, -0.2) is 58.2 Å². The lowest BCUT2D eigenvalue weighted by Gasteiger charge is -2.15. The maximum Gasteiger partial charge on any atom is 0.333 e. The number of thiophene rings is 1. The quantitative estimate of drug-likeness (QED) is 0.226. The Morgan fingerprint density at radius 3 is 2.81 bits per heavy atom. The third-order valence-corrected chi connectivity index (χ3v) is 7.90. The molecule has 11 nitrogen and oxygen atoms in total. The average molecular weight is 569 g/mol. The summed E-state index contributed by atoms with van der Waals surface area (Å²) in [7, 11) is -4.13. The maximum absolute atomic E-state index is 13.4. The van der Waals surface area contributed by atoms with Crippen molar-refractivity contribution in [1.82, 2.24) is 9.97 Å². The molecule has 6 N–H and O–H groups in total. The lowest BCUT2D eigenvalue weighted by atomic mass is 10.0. The van der Waals surface area contributed by atoms with Gasteiger partial charge >= 0.3 is 10.3 Å². The first-order valence-electron chi connectivity index (χ1n) is 11.2. The summed E-state index contributed by atoms with van der Waals surface area (Å²) in [4.78, 5) is 22.3. The molecule has 1 saturated carbocycles. The molecule has 1 aliphatic rings. The monoisotopic (exact) mass is 568 g/mol. The topological polar surface area (TPSA) is 185 Å². The first-order chi connectivity index (χ1) is 17.6. The highest BCUT2D eigenvalue weighted by atomic mass is 35.5. The van der Waals surface area contributed by atoms with Crippen molar-refractivity contribution in [1.29, 1.82) is 0 Å². The Morgan fingerprint density at radius 1 is 1.32 bits per heavy atom. The fourth-order valence-corrected chi connectivity index (χ4v) is 5.85. The SMILES string of the molecule is NS(=O)(=O)OC[C@H]1C[C@@H](Nc2ncncc2C(=O)c2cc([C@H](O)c3cccc(Cl)c3)c(CO)s2)C[C@@H]1O. The van der Waals surface area contributed by atoms with Gasteiger partial charge in [0.2, 0.25) is 5.78 Å². The van der Waals surface area contributed by atoms with E-state index in [1.807, 2.05) is 0 Å². The number of aliphatic hydroxyl groups is 3. The summed E-state index contributed by atoms with van der Waals surface area (Å²) >= 11 is 7.09. The molecule has 1 aromatic carbocycles. The summed E-state index contributed by atoms with van der Waals surface area (Å²) in [5, 5.41) is 39.5. The van der Waals surface area contributed by atoms with Gasteiger partial charge in [-0.25, -0.2) is 15.1 Å². The van der Waals surface area contributed by atoms with E-state index in [0.717, 1.165) is 11.3 Å². The van der Waals surface area contributed by atoms with E-state index in [0.29, 0.717) is 27.4 Å². The van der Waals surface area contributed by atoms with Crippen LogP contribution in [0.1, 0.15) is 50.2 Å². The molecule has 0 bridgehead atoms. The van der Waals surface area contributed by atoms with Gasteiger partial charge in [-0.3, -0.25) is 8.98 Å². The molecule has 0 unspecified atom stereocenters. The molecular formula is C23H25ClN4O7S2. The molecule has 2 aromatic heterocycles. The number of aliphatic hydroxyl groups excluding tert-OH is 3. The Labute approximate surface area is 222 Å². The van der Waals surface area contributed by atoms with Gasteiger partial charge in [-0.15, -0.1) is 11.3 Å². The van der Waals surface area contributed by atoms with E-state index in [9.17, 15) is 28.5 Å². The van der Waals surface area contributed by atoms with Crippen molar-refractivity contribution in [3.8, 4) is 0 Å². The number of nitrogens with two attached hydrogens (primary N) is 1. The number of benzene rings is 1. The zero-order valence-electron chi connectivity index (χ0n) is 19.3. The van der Waals surface area contributed by atoms with Gasteiger partial charge in [0.25, 0.3) is 0 Å². The Balaban J connectivity index is 1.54. The van der Waals surface area contributed by atoms with E-state index < -0.39 is 34.2 Å². The highest BCUT2D eigenvalue weighted by molar-refractivity contribution is 7.84. The molecule has 1 fully saturated rings. The predicted molar refractivity (Wildman–Crippen MR) is 136 cm³/mol. The van der Waals surface area contributed by atoms with E-state index in [1.165, 1.54) is 18.6 Å². The van der Waals surface area contributed by atoms with Gasteiger partial charge in [-0.05, 0) is 36.6 Å². The van der Waals surface area contributed by atoms with Gasteiger partial charge in [0.05, 0.1) is 29.8 Å². The molecule has 2 heterocycles. The van der Waals surface area contributed by atoms with E-state index in [2.05, 4.69) is 19.5 Å². The van der Waals surface area contributed by atoms with Crippen molar-refractivity contribution in [2.45, 2.75) is 37.7 Å². The number of rotatable bonds is 10. The Morgan fingerprint density at radius 2 is 2.11 bits per heavy atom. The molecule has 37 heavy (non-hydrogen) atoms. The second kappa shape index (κ2) is 11.5. The molecule has 4 rings (SSSR count). The number of aromatic nitrogens is 2. The Bertz CT molecular complexity index is 1380. The molecule has 0 amide bonds. The normalized spacial score (nSPS) is 20.6. The summed E-state index contributed by atoms with van der Waals surface area (Å²) < 4.78 is 26.8. The summed E-state index contributed by atoms with van der Waals surface area (Å²) in [6.45, 7) is -0.631. The van der Waals surface area contributed by atoms with Crippen molar-refractivity contribution < 1.29 is 32.7 Å². The zero-order chi connectivity index (χ0) is 26.7. The summed E-state index contributed by atoms with van der Waals surface area (Å²) in [5.74, 6) is -0.655. The molecule has 0 saturated heterocycles. The van der Waals surface area contributed by atoms with Crippen LogP contribution in [0.2, 0.25) is 5.02 Å². The maximum atomic E-state index is 13.4. The second-order valence-electron chi connectivity index (χ2n) is 8.64. The number of halogens is 1. The highest BCUT2D eigenvalue weighted by Crippen LogP contribution is 2.35. The van der Waals surface area contributed by atoms with Crippen LogP contribution < -0.4 is 10.5 Å². The number of hydrogen-bond acceptors (Lipinski definition) is 11. The van der Waals surface area contributed by atoms with Gasteiger partial charge in [0.1, 0.15) is 18.2 Å². The van der Waals surface area contributed by atoms with Crippen LogP contribution in [0, 0.1) is 5.92 Å². The van der Waals surface area contributed by atoms with Crippen molar-refractivity contribution in [3.05, 3.63) is 74.3 Å².